The molecule has 1 aromatic heterocycles. The van der Waals surface area contributed by atoms with E-state index in [0.717, 1.165) is 23.5 Å². The average Bonchev–Trinajstić information content (AvgIpc) is 2.82. The van der Waals surface area contributed by atoms with Gasteiger partial charge in [0.2, 0.25) is 0 Å². The molecule has 106 valence electrons. The van der Waals surface area contributed by atoms with E-state index in [1.807, 2.05) is 39.0 Å². The molecule has 0 spiro atoms. The van der Waals surface area contributed by atoms with Crippen molar-refractivity contribution in [3.8, 4) is 0 Å². The fourth-order valence-electron chi connectivity index (χ4n) is 1.96. The number of carbonyl (C=O) groups excluding carboxylic acids is 1. The lowest BCUT2D eigenvalue weighted by atomic mass is 10.1. The first kappa shape index (κ1) is 14.1. The maximum atomic E-state index is 12.2. The minimum atomic E-state index is -0.130. The van der Waals surface area contributed by atoms with Crippen molar-refractivity contribution in [2.75, 3.05) is 11.9 Å². The summed E-state index contributed by atoms with van der Waals surface area (Å²) in [6.07, 6.45) is 0. The highest BCUT2D eigenvalue weighted by atomic mass is 16.5. The molecule has 5 heteroatoms. The Morgan fingerprint density at radius 3 is 2.75 bits per heavy atom. The van der Waals surface area contributed by atoms with E-state index in [2.05, 4.69) is 15.8 Å². The average molecular weight is 273 g/mol. The molecule has 0 aliphatic carbocycles. The molecule has 0 saturated heterocycles. The first-order chi connectivity index (χ1) is 9.60. The number of amides is 1. The molecule has 0 atom stereocenters. The van der Waals surface area contributed by atoms with E-state index >= 15 is 0 Å². The minimum absolute atomic E-state index is 0.130. The molecule has 0 aliphatic heterocycles. The lowest BCUT2D eigenvalue weighted by molar-refractivity contribution is 0.0948. The molecule has 0 aliphatic rings. The Labute approximate surface area is 118 Å². The summed E-state index contributed by atoms with van der Waals surface area (Å²) in [7, 11) is 0. The number of benzene rings is 1. The molecular weight excluding hydrogens is 254 g/mol. The number of hydrogen-bond donors (Lipinski definition) is 2. The molecule has 2 rings (SSSR count). The molecule has 2 aromatic rings. The van der Waals surface area contributed by atoms with Crippen LogP contribution in [-0.4, -0.2) is 17.6 Å². The van der Waals surface area contributed by atoms with Crippen LogP contribution < -0.4 is 10.6 Å². The summed E-state index contributed by atoms with van der Waals surface area (Å²) in [5.41, 5.74) is 3.40. The van der Waals surface area contributed by atoms with Crippen LogP contribution in [0.4, 0.5) is 5.69 Å². The molecule has 5 nitrogen and oxygen atoms in total. The fraction of sp³-hybridized carbons (Fsp3) is 0.333. The normalized spacial score (nSPS) is 10.3. The van der Waals surface area contributed by atoms with E-state index in [4.69, 9.17) is 4.52 Å². The van der Waals surface area contributed by atoms with E-state index in [0.29, 0.717) is 17.9 Å². The van der Waals surface area contributed by atoms with Crippen molar-refractivity contribution in [2.45, 2.75) is 27.3 Å². The van der Waals surface area contributed by atoms with Gasteiger partial charge in [-0.3, -0.25) is 4.79 Å². The number of rotatable bonds is 5. The van der Waals surface area contributed by atoms with Crippen molar-refractivity contribution in [3.05, 3.63) is 46.8 Å². The Morgan fingerprint density at radius 2 is 2.10 bits per heavy atom. The quantitative estimate of drug-likeness (QED) is 0.879. The van der Waals surface area contributed by atoms with Gasteiger partial charge in [-0.15, -0.1) is 0 Å². The zero-order valence-corrected chi connectivity index (χ0v) is 12.0. The summed E-state index contributed by atoms with van der Waals surface area (Å²) in [6, 6.07) is 7.53. The van der Waals surface area contributed by atoms with E-state index in [9.17, 15) is 4.79 Å². The summed E-state index contributed by atoms with van der Waals surface area (Å²) in [4.78, 5) is 12.2. The highest BCUT2D eigenvalue weighted by Crippen LogP contribution is 2.17. The zero-order chi connectivity index (χ0) is 14.5. The third-order valence-corrected chi connectivity index (χ3v) is 2.89. The van der Waals surface area contributed by atoms with Crippen molar-refractivity contribution >= 4 is 11.6 Å². The van der Waals surface area contributed by atoms with Crippen LogP contribution in [0, 0.1) is 13.8 Å². The molecular formula is C15H19N3O2. The molecule has 0 fully saturated rings. The molecule has 0 radical (unpaired) electrons. The van der Waals surface area contributed by atoms with Gasteiger partial charge in [0.05, 0.1) is 17.8 Å². The molecule has 20 heavy (non-hydrogen) atoms. The van der Waals surface area contributed by atoms with E-state index in [-0.39, 0.29) is 5.91 Å². The van der Waals surface area contributed by atoms with Gasteiger partial charge in [0, 0.05) is 18.3 Å². The summed E-state index contributed by atoms with van der Waals surface area (Å²) in [5, 5.41) is 9.82. The standard InChI is InChI=1S/C15H19N3O2/c1-4-16-14-7-10(2)5-6-13(14)15(19)17-9-12-8-11(3)18-20-12/h5-8,16H,4,9H2,1-3H3,(H,17,19). The molecule has 1 amide bonds. The van der Waals surface area contributed by atoms with Gasteiger partial charge in [-0.25, -0.2) is 0 Å². The van der Waals surface area contributed by atoms with Gasteiger partial charge >= 0.3 is 0 Å². The number of nitrogens with one attached hydrogen (secondary N) is 2. The van der Waals surface area contributed by atoms with Gasteiger partial charge < -0.3 is 15.2 Å². The number of anilines is 1. The Kier molecular flexibility index (Phi) is 4.40. The zero-order valence-electron chi connectivity index (χ0n) is 12.0. The monoisotopic (exact) mass is 273 g/mol. The molecule has 0 unspecified atom stereocenters. The Hall–Kier alpha value is -2.30. The number of carbonyl (C=O) groups is 1. The lowest BCUT2D eigenvalue weighted by Crippen LogP contribution is -2.23. The summed E-state index contributed by atoms with van der Waals surface area (Å²) >= 11 is 0. The predicted octanol–water partition coefficient (Wildman–Crippen LogP) is 2.65. The van der Waals surface area contributed by atoms with Crippen molar-refractivity contribution in [1.82, 2.24) is 10.5 Å². The molecule has 0 saturated carbocycles. The highest BCUT2D eigenvalue weighted by Gasteiger charge is 2.12. The van der Waals surface area contributed by atoms with E-state index in [1.165, 1.54) is 0 Å². The van der Waals surface area contributed by atoms with Crippen LogP contribution in [0.5, 0.6) is 0 Å². The van der Waals surface area contributed by atoms with Gasteiger partial charge in [-0.1, -0.05) is 11.2 Å². The first-order valence-corrected chi connectivity index (χ1v) is 6.65. The van der Waals surface area contributed by atoms with Gasteiger partial charge in [0.15, 0.2) is 5.76 Å². The maximum absolute atomic E-state index is 12.2. The van der Waals surface area contributed by atoms with Crippen LogP contribution in [0.1, 0.15) is 34.3 Å². The Balaban J connectivity index is 2.08. The van der Waals surface area contributed by atoms with Crippen LogP contribution in [0.2, 0.25) is 0 Å². The summed E-state index contributed by atoms with van der Waals surface area (Å²) in [5.74, 6) is 0.517. The van der Waals surface area contributed by atoms with Gasteiger partial charge in [0.1, 0.15) is 0 Å². The lowest BCUT2D eigenvalue weighted by Gasteiger charge is -2.11. The summed E-state index contributed by atoms with van der Waals surface area (Å²) in [6.45, 7) is 6.95. The van der Waals surface area contributed by atoms with Crippen molar-refractivity contribution in [1.29, 1.82) is 0 Å². The topological polar surface area (TPSA) is 67.2 Å². The molecule has 1 aromatic carbocycles. The van der Waals surface area contributed by atoms with Crippen molar-refractivity contribution in [3.63, 3.8) is 0 Å². The van der Waals surface area contributed by atoms with Crippen LogP contribution >= 0.6 is 0 Å². The predicted molar refractivity (Wildman–Crippen MR) is 77.8 cm³/mol. The third kappa shape index (κ3) is 3.38. The highest BCUT2D eigenvalue weighted by molar-refractivity contribution is 5.99. The first-order valence-electron chi connectivity index (χ1n) is 6.65. The van der Waals surface area contributed by atoms with Crippen LogP contribution in [-0.2, 0) is 6.54 Å². The molecule has 0 bridgehead atoms. The second kappa shape index (κ2) is 6.23. The molecule has 1 heterocycles. The van der Waals surface area contributed by atoms with Crippen LogP contribution in [0.3, 0.4) is 0 Å². The number of aromatic nitrogens is 1. The van der Waals surface area contributed by atoms with Crippen molar-refractivity contribution < 1.29 is 9.32 Å². The second-order valence-electron chi connectivity index (χ2n) is 4.70. The largest absolute Gasteiger partial charge is 0.385 e. The fourth-order valence-corrected chi connectivity index (χ4v) is 1.96. The van der Waals surface area contributed by atoms with Crippen LogP contribution in [0.15, 0.2) is 28.8 Å². The maximum Gasteiger partial charge on any atom is 0.253 e. The smallest absolute Gasteiger partial charge is 0.253 e. The van der Waals surface area contributed by atoms with E-state index < -0.39 is 0 Å². The van der Waals surface area contributed by atoms with Crippen molar-refractivity contribution in [2.24, 2.45) is 0 Å². The number of nitrogens with zero attached hydrogens (tertiary/aromatic N) is 1. The minimum Gasteiger partial charge on any atom is -0.385 e. The third-order valence-electron chi connectivity index (χ3n) is 2.89. The van der Waals surface area contributed by atoms with Gasteiger partial charge in [-0.05, 0) is 38.5 Å². The van der Waals surface area contributed by atoms with Gasteiger partial charge in [0.25, 0.3) is 5.91 Å². The molecule has 2 N–H and O–H groups in total. The van der Waals surface area contributed by atoms with E-state index in [1.54, 1.807) is 6.07 Å². The summed E-state index contributed by atoms with van der Waals surface area (Å²) < 4.78 is 5.07. The second-order valence-corrected chi connectivity index (χ2v) is 4.70. The number of aryl methyl sites for hydroxylation is 2. The number of hydrogen-bond acceptors (Lipinski definition) is 4. The SMILES string of the molecule is CCNc1cc(C)ccc1C(=O)NCc1cc(C)no1. The Bertz CT molecular complexity index is 605. The van der Waals surface area contributed by atoms with Crippen LogP contribution in [0.25, 0.3) is 0 Å². The Morgan fingerprint density at radius 1 is 1.30 bits per heavy atom. The van der Waals surface area contributed by atoms with Gasteiger partial charge in [-0.2, -0.15) is 0 Å².